The van der Waals surface area contributed by atoms with E-state index >= 15 is 0 Å². The zero-order chi connectivity index (χ0) is 14.7. The molecule has 0 aromatic heterocycles. The summed E-state index contributed by atoms with van der Waals surface area (Å²) in [4.78, 5) is 24.1. The van der Waals surface area contributed by atoms with Crippen LogP contribution in [0.4, 0.5) is 5.69 Å². The van der Waals surface area contributed by atoms with Crippen molar-refractivity contribution in [2.45, 2.75) is 18.9 Å². The first-order valence-electron chi connectivity index (χ1n) is 6.29. The van der Waals surface area contributed by atoms with Crippen molar-refractivity contribution < 1.29 is 14.5 Å². The van der Waals surface area contributed by atoms with Crippen LogP contribution in [-0.4, -0.2) is 42.0 Å². The van der Waals surface area contributed by atoms with Gasteiger partial charge in [-0.25, -0.2) is 0 Å². The lowest BCUT2D eigenvalue weighted by Crippen LogP contribution is -2.40. The number of hydrogen-bond acceptors (Lipinski definition) is 4. The zero-order valence-electron chi connectivity index (χ0n) is 11.0. The molecule has 0 atom stereocenters. The number of carbonyl (C=O) groups excluding carboxylic acids is 1. The van der Waals surface area contributed by atoms with Gasteiger partial charge in [-0.3, -0.25) is 14.9 Å². The van der Waals surface area contributed by atoms with Crippen LogP contribution >= 0.6 is 11.6 Å². The third-order valence-corrected chi connectivity index (χ3v) is 3.75. The highest BCUT2D eigenvalue weighted by Crippen LogP contribution is 2.26. The second kappa shape index (κ2) is 6.19. The molecule has 1 aliphatic rings. The molecule has 1 aliphatic heterocycles. The highest BCUT2D eigenvalue weighted by Gasteiger charge is 2.24. The van der Waals surface area contributed by atoms with Crippen molar-refractivity contribution in [3.05, 3.63) is 38.9 Å². The summed E-state index contributed by atoms with van der Waals surface area (Å²) in [6.07, 6.45) is 1.59. The molecule has 0 bridgehead atoms. The number of ether oxygens (including phenoxy) is 1. The molecule has 0 saturated carbocycles. The molecule has 108 valence electrons. The molecule has 1 aromatic rings. The van der Waals surface area contributed by atoms with Crippen molar-refractivity contribution in [2.24, 2.45) is 0 Å². The maximum absolute atomic E-state index is 12.3. The average molecular weight is 299 g/mol. The van der Waals surface area contributed by atoms with E-state index in [1.807, 2.05) is 0 Å². The Morgan fingerprint density at radius 2 is 2.10 bits per heavy atom. The van der Waals surface area contributed by atoms with E-state index in [9.17, 15) is 14.9 Å². The minimum atomic E-state index is -0.571. The van der Waals surface area contributed by atoms with Gasteiger partial charge in [0.15, 0.2) is 0 Å². The Morgan fingerprint density at radius 3 is 2.65 bits per heavy atom. The van der Waals surface area contributed by atoms with Gasteiger partial charge in [-0.2, -0.15) is 0 Å². The second-order valence-electron chi connectivity index (χ2n) is 4.68. The quantitative estimate of drug-likeness (QED) is 0.635. The fraction of sp³-hybridized carbons (Fsp3) is 0.462. The molecule has 0 aliphatic carbocycles. The van der Waals surface area contributed by atoms with Crippen LogP contribution in [0.15, 0.2) is 18.2 Å². The van der Waals surface area contributed by atoms with Gasteiger partial charge in [0.25, 0.3) is 11.6 Å². The van der Waals surface area contributed by atoms with Gasteiger partial charge in [0.1, 0.15) is 5.02 Å². The number of nitro benzene ring substituents is 1. The number of benzene rings is 1. The van der Waals surface area contributed by atoms with Crippen LogP contribution in [0.2, 0.25) is 5.02 Å². The number of carbonyl (C=O) groups is 1. The molecule has 20 heavy (non-hydrogen) atoms. The van der Waals surface area contributed by atoms with Crippen LogP contribution in [0.3, 0.4) is 0 Å². The fourth-order valence-corrected chi connectivity index (χ4v) is 2.48. The summed E-state index contributed by atoms with van der Waals surface area (Å²) in [7, 11) is 1.73. The molecule has 0 radical (unpaired) electrons. The molecule has 0 N–H and O–H groups in total. The third-order valence-electron chi connectivity index (χ3n) is 3.45. The van der Waals surface area contributed by atoms with Crippen LogP contribution in [-0.2, 0) is 4.74 Å². The van der Waals surface area contributed by atoms with Crippen molar-refractivity contribution in [1.29, 1.82) is 0 Å². The number of halogens is 1. The van der Waals surface area contributed by atoms with Crippen molar-refractivity contribution in [2.75, 3.05) is 20.3 Å². The van der Waals surface area contributed by atoms with E-state index in [0.717, 1.165) is 12.8 Å². The molecule has 0 unspecified atom stereocenters. The van der Waals surface area contributed by atoms with Crippen molar-refractivity contribution in [3.63, 3.8) is 0 Å². The third kappa shape index (κ3) is 3.08. The number of nitrogens with zero attached hydrogens (tertiary/aromatic N) is 2. The molecule has 7 heteroatoms. The van der Waals surface area contributed by atoms with Crippen LogP contribution in [0.1, 0.15) is 23.2 Å². The Kier molecular flexibility index (Phi) is 4.57. The minimum absolute atomic E-state index is 0.0266. The van der Waals surface area contributed by atoms with Crippen LogP contribution in [0.5, 0.6) is 0 Å². The molecule has 1 fully saturated rings. The molecule has 1 heterocycles. The Bertz CT molecular complexity index is 529. The predicted molar refractivity (Wildman–Crippen MR) is 74.0 cm³/mol. The molecule has 6 nitrogen and oxygen atoms in total. The number of nitro groups is 1. The molecule has 1 aromatic carbocycles. The van der Waals surface area contributed by atoms with Crippen molar-refractivity contribution in [1.82, 2.24) is 4.90 Å². The van der Waals surface area contributed by atoms with E-state index in [1.165, 1.54) is 18.2 Å². The maximum atomic E-state index is 12.3. The SMILES string of the molecule is CN(C(=O)c1ccc([N+](=O)[O-])c(Cl)c1)C1CCOCC1. The number of rotatable bonds is 3. The molecule has 1 saturated heterocycles. The summed E-state index contributed by atoms with van der Waals surface area (Å²) < 4.78 is 5.26. The van der Waals surface area contributed by atoms with E-state index < -0.39 is 4.92 Å². The van der Waals surface area contributed by atoms with Crippen molar-refractivity contribution >= 4 is 23.2 Å². The standard InChI is InChI=1S/C13H15ClN2O4/c1-15(10-4-6-20-7-5-10)13(17)9-2-3-12(16(18)19)11(14)8-9/h2-3,8,10H,4-7H2,1H3. The van der Waals surface area contributed by atoms with Crippen LogP contribution < -0.4 is 0 Å². The first kappa shape index (κ1) is 14.7. The normalized spacial score (nSPS) is 15.9. The van der Waals surface area contributed by atoms with Gasteiger partial charge in [-0.1, -0.05) is 11.6 Å². The second-order valence-corrected chi connectivity index (χ2v) is 5.09. The highest BCUT2D eigenvalue weighted by atomic mass is 35.5. The van der Waals surface area contributed by atoms with Gasteiger partial charge in [0.05, 0.1) is 4.92 Å². The summed E-state index contributed by atoms with van der Waals surface area (Å²) in [6, 6.07) is 4.16. The number of amides is 1. The smallest absolute Gasteiger partial charge is 0.287 e. The van der Waals surface area contributed by atoms with Gasteiger partial charge in [-0.05, 0) is 25.0 Å². The Balaban J connectivity index is 2.16. The lowest BCUT2D eigenvalue weighted by molar-refractivity contribution is -0.384. The minimum Gasteiger partial charge on any atom is -0.381 e. The van der Waals surface area contributed by atoms with Crippen LogP contribution in [0, 0.1) is 10.1 Å². The first-order chi connectivity index (χ1) is 9.50. The van der Waals surface area contributed by atoms with Gasteiger partial charge in [0, 0.05) is 37.9 Å². The largest absolute Gasteiger partial charge is 0.381 e. The lowest BCUT2D eigenvalue weighted by atomic mass is 10.1. The van der Waals surface area contributed by atoms with E-state index in [-0.39, 0.29) is 22.7 Å². The summed E-state index contributed by atoms with van der Waals surface area (Å²) in [5.74, 6) is -0.186. The molecule has 2 rings (SSSR count). The van der Waals surface area contributed by atoms with Gasteiger partial charge >= 0.3 is 0 Å². The van der Waals surface area contributed by atoms with E-state index in [2.05, 4.69) is 0 Å². The molecule has 1 amide bonds. The fourth-order valence-electron chi connectivity index (χ4n) is 2.23. The Morgan fingerprint density at radius 1 is 1.45 bits per heavy atom. The van der Waals surface area contributed by atoms with Gasteiger partial charge in [-0.15, -0.1) is 0 Å². The summed E-state index contributed by atoms with van der Waals surface area (Å²) >= 11 is 5.83. The topological polar surface area (TPSA) is 72.7 Å². The average Bonchev–Trinajstić information content (AvgIpc) is 2.46. The van der Waals surface area contributed by atoms with Crippen molar-refractivity contribution in [3.8, 4) is 0 Å². The lowest BCUT2D eigenvalue weighted by Gasteiger charge is -2.31. The summed E-state index contributed by atoms with van der Waals surface area (Å²) in [5.41, 5.74) is 0.159. The monoisotopic (exact) mass is 298 g/mol. The maximum Gasteiger partial charge on any atom is 0.287 e. The summed E-state index contributed by atoms with van der Waals surface area (Å²) in [5, 5.41) is 10.7. The Labute approximate surface area is 121 Å². The molecular formula is C13H15ClN2O4. The predicted octanol–water partition coefficient (Wildman–Crippen LogP) is 2.50. The first-order valence-corrected chi connectivity index (χ1v) is 6.67. The van der Waals surface area contributed by atoms with E-state index in [4.69, 9.17) is 16.3 Å². The van der Waals surface area contributed by atoms with E-state index in [1.54, 1.807) is 11.9 Å². The summed E-state index contributed by atoms with van der Waals surface area (Å²) in [6.45, 7) is 1.28. The van der Waals surface area contributed by atoms with Gasteiger partial charge in [0.2, 0.25) is 0 Å². The van der Waals surface area contributed by atoms with Gasteiger partial charge < -0.3 is 9.64 Å². The number of hydrogen-bond donors (Lipinski definition) is 0. The zero-order valence-corrected chi connectivity index (χ0v) is 11.8. The highest BCUT2D eigenvalue weighted by molar-refractivity contribution is 6.33. The molecular weight excluding hydrogens is 284 g/mol. The molecule has 0 spiro atoms. The van der Waals surface area contributed by atoms with Crippen LogP contribution in [0.25, 0.3) is 0 Å². The Hall–Kier alpha value is -1.66. The van der Waals surface area contributed by atoms with E-state index in [0.29, 0.717) is 18.8 Å².